The van der Waals surface area contributed by atoms with Gasteiger partial charge in [0.1, 0.15) is 23.0 Å². The van der Waals surface area contributed by atoms with Crippen molar-refractivity contribution >= 4 is 21.8 Å². The average molecular weight is 666 g/mol. The van der Waals surface area contributed by atoms with Crippen molar-refractivity contribution in [2.75, 3.05) is 0 Å². The molecule has 8 aromatic carbocycles. The average Bonchev–Trinajstić information content (AvgIpc) is 3.56. The Bertz CT molecular complexity index is 2810. The molecule has 3 nitrogen and oxygen atoms in total. The molecule has 1 aromatic heterocycles. The summed E-state index contributed by atoms with van der Waals surface area (Å²) in [5.74, 6) is 3.39. The Labute approximate surface area is 301 Å². The second-order valence-electron chi connectivity index (χ2n) is 13.6. The lowest BCUT2D eigenvalue weighted by atomic mass is 9.62. The zero-order chi connectivity index (χ0) is 34.2. The number of fused-ring (bicyclic) bond motifs is 11. The van der Waals surface area contributed by atoms with Crippen molar-refractivity contribution in [2.45, 2.75) is 5.41 Å². The molecule has 11 rings (SSSR count). The maximum absolute atomic E-state index is 6.89. The Kier molecular flexibility index (Phi) is 6.17. The van der Waals surface area contributed by atoms with E-state index >= 15 is 0 Å². The van der Waals surface area contributed by atoms with Crippen LogP contribution in [0.25, 0.3) is 49.7 Å². The van der Waals surface area contributed by atoms with Crippen molar-refractivity contribution in [3.63, 3.8) is 0 Å². The van der Waals surface area contributed by atoms with E-state index in [4.69, 9.17) is 9.47 Å². The van der Waals surface area contributed by atoms with E-state index in [1.54, 1.807) is 0 Å². The van der Waals surface area contributed by atoms with Crippen LogP contribution in [0.1, 0.15) is 22.3 Å². The lowest BCUT2D eigenvalue weighted by Gasteiger charge is -2.45. The van der Waals surface area contributed by atoms with Gasteiger partial charge in [-0.2, -0.15) is 0 Å². The molecule has 0 bridgehead atoms. The summed E-state index contributed by atoms with van der Waals surface area (Å²) in [6, 6.07) is 67.0. The highest BCUT2D eigenvalue weighted by atomic mass is 16.5. The van der Waals surface area contributed by atoms with E-state index in [-0.39, 0.29) is 0 Å². The van der Waals surface area contributed by atoms with Crippen molar-refractivity contribution < 1.29 is 9.47 Å². The van der Waals surface area contributed by atoms with Gasteiger partial charge in [-0.25, -0.2) is 0 Å². The van der Waals surface area contributed by atoms with Gasteiger partial charge in [0.15, 0.2) is 0 Å². The SMILES string of the molecule is c1ccc(-c2ccc3c(c2)C2(c4ccccc4Oc4ccccc42)c2cc(-c4cccc5c4c4ccccc4n5-c4ccccc4)ccc2O3)cc1. The maximum atomic E-state index is 6.89. The third kappa shape index (κ3) is 4.02. The summed E-state index contributed by atoms with van der Waals surface area (Å²) in [4.78, 5) is 0. The summed E-state index contributed by atoms with van der Waals surface area (Å²) in [5, 5.41) is 2.45. The van der Waals surface area contributed by atoms with Gasteiger partial charge in [0.25, 0.3) is 0 Å². The molecule has 0 unspecified atom stereocenters. The Balaban J connectivity index is 1.23. The Hall–Kier alpha value is -6.84. The summed E-state index contributed by atoms with van der Waals surface area (Å²) < 4.78 is 15.9. The minimum Gasteiger partial charge on any atom is -0.457 e. The molecule has 3 heterocycles. The zero-order valence-electron chi connectivity index (χ0n) is 28.2. The first-order valence-electron chi connectivity index (χ1n) is 17.8. The molecular formula is C49H31NO2. The molecule has 9 aromatic rings. The first-order valence-corrected chi connectivity index (χ1v) is 17.8. The number of rotatable bonds is 3. The van der Waals surface area contributed by atoms with E-state index in [1.807, 2.05) is 0 Å². The fourth-order valence-corrected chi connectivity index (χ4v) is 8.76. The molecule has 2 aliphatic rings. The predicted octanol–water partition coefficient (Wildman–Crippen LogP) is 12.7. The van der Waals surface area contributed by atoms with Crippen LogP contribution in [-0.2, 0) is 5.41 Å². The number of hydrogen-bond acceptors (Lipinski definition) is 2. The van der Waals surface area contributed by atoms with Gasteiger partial charge in [-0.3, -0.25) is 0 Å². The molecule has 0 aliphatic carbocycles. The molecule has 3 heteroatoms. The molecule has 0 saturated heterocycles. The Morgan fingerprint density at radius 2 is 0.904 bits per heavy atom. The summed E-state index contributed by atoms with van der Waals surface area (Å²) in [7, 11) is 0. The number of aromatic nitrogens is 1. The molecule has 244 valence electrons. The summed E-state index contributed by atoms with van der Waals surface area (Å²) in [5.41, 5.74) is 11.8. The summed E-state index contributed by atoms with van der Waals surface area (Å²) in [6.45, 7) is 0. The topological polar surface area (TPSA) is 23.4 Å². The Morgan fingerprint density at radius 3 is 1.62 bits per heavy atom. The number of hydrogen-bond donors (Lipinski definition) is 0. The van der Waals surface area contributed by atoms with Crippen LogP contribution >= 0.6 is 0 Å². The minimum atomic E-state index is -0.707. The van der Waals surface area contributed by atoms with Gasteiger partial charge in [-0.1, -0.05) is 127 Å². The fourth-order valence-electron chi connectivity index (χ4n) is 8.76. The third-order valence-electron chi connectivity index (χ3n) is 10.9. The first-order chi connectivity index (χ1) is 25.8. The lowest BCUT2D eigenvalue weighted by molar-refractivity contribution is 0.399. The molecule has 52 heavy (non-hydrogen) atoms. The molecule has 0 N–H and O–H groups in total. The van der Waals surface area contributed by atoms with Crippen molar-refractivity contribution in [1.29, 1.82) is 0 Å². The van der Waals surface area contributed by atoms with Crippen LogP contribution in [0, 0.1) is 0 Å². The van der Waals surface area contributed by atoms with Gasteiger partial charge in [-0.05, 0) is 82.9 Å². The van der Waals surface area contributed by atoms with Gasteiger partial charge in [0, 0.05) is 38.7 Å². The van der Waals surface area contributed by atoms with Crippen LogP contribution in [-0.4, -0.2) is 4.57 Å². The standard InChI is InChI=1S/C49H31NO2/c1-3-14-32(15-4-1)33-26-28-46-40(30-33)49(38-20-8-11-24-44(38)51-45-25-12-9-21-39(45)49)41-31-34(27-29-47(41)52-46)36-19-13-23-43-48(36)37-18-7-10-22-42(37)50(43)35-16-5-2-6-17-35/h1-31H. The minimum absolute atomic E-state index is 0.707. The summed E-state index contributed by atoms with van der Waals surface area (Å²) in [6.07, 6.45) is 0. The van der Waals surface area contributed by atoms with Crippen LogP contribution in [0.3, 0.4) is 0 Å². The molecule has 2 aliphatic heterocycles. The van der Waals surface area contributed by atoms with Crippen LogP contribution in [0.15, 0.2) is 188 Å². The van der Waals surface area contributed by atoms with Crippen molar-refractivity contribution in [2.24, 2.45) is 0 Å². The normalized spacial score (nSPS) is 13.5. The quantitative estimate of drug-likeness (QED) is 0.187. The molecule has 0 saturated carbocycles. The van der Waals surface area contributed by atoms with Gasteiger partial charge in [-0.15, -0.1) is 0 Å². The van der Waals surface area contributed by atoms with E-state index in [9.17, 15) is 0 Å². The second-order valence-corrected chi connectivity index (χ2v) is 13.6. The molecule has 0 radical (unpaired) electrons. The highest BCUT2D eigenvalue weighted by molar-refractivity contribution is 6.15. The molecular weight excluding hydrogens is 635 g/mol. The van der Waals surface area contributed by atoms with Crippen LogP contribution in [0.4, 0.5) is 0 Å². The van der Waals surface area contributed by atoms with Crippen molar-refractivity contribution in [3.8, 4) is 50.9 Å². The van der Waals surface area contributed by atoms with Crippen LogP contribution < -0.4 is 9.47 Å². The molecule has 0 atom stereocenters. The number of benzene rings is 8. The van der Waals surface area contributed by atoms with Gasteiger partial charge >= 0.3 is 0 Å². The van der Waals surface area contributed by atoms with Crippen molar-refractivity contribution in [1.82, 2.24) is 4.57 Å². The molecule has 0 amide bonds. The van der Waals surface area contributed by atoms with Crippen molar-refractivity contribution in [3.05, 3.63) is 210 Å². The Morgan fingerprint density at radius 1 is 0.365 bits per heavy atom. The van der Waals surface area contributed by atoms with E-state index in [0.29, 0.717) is 0 Å². The van der Waals surface area contributed by atoms with Crippen LogP contribution in [0.5, 0.6) is 23.0 Å². The van der Waals surface area contributed by atoms with Crippen LogP contribution in [0.2, 0.25) is 0 Å². The van der Waals surface area contributed by atoms with Gasteiger partial charge < -0.3 is 14.0 Å². The maximum Gasteiger partial charge on any atom is 0.132 e. The monoisotopic (exact) mass is 665 g/mol. The highest BCUT2D eigenvalue weighted by Gasteiger charge is 2.50. The largest absolute Gasteiger partial charge is 0.457 e. The summed E-state index contributed by atoms with van der Waals surface area (Å²) >= 11 is 0. The first kappa shape index (κ1) is 28.9. The van der Waals surface area contributed by atoms with E-state index < -0.39 is 5.41 Å². The number of para-hydroxylation sites is 4. The van der Waals surface area contributed by atoms with E-state index in [0.717, 1.165) is 67.6 Å². The van der Waals surface area contributed by atoms with E-state index in [1.165, 1.54) is 27.4 Å². The predicted molar refractivity (Wildman–Crippen MR) is 210 cm³/mol. The fraction of sp³-hybridized carbons (Fsp3) is 0.0204. The highest BCUT2D eigenvalue weighted by Crippen LogP contribution is 2.62. The zero-order valence-corrected chi connectivity index (χ0v) is 28.2. The molecule has 0 fully saturated rings. The van der Waals surface area contributed by atoms with Gasteiger partial charge in [0.2, 0.25) is 0 Å². The number of ether oxygens (including phenoxy) is 2. The van der Waals surface area contributed by atoms with Gasteiger partial charge in [0.05, 0.1) is 16.4 Å². The van der Waals surface area contributed by atoms with E-state index in [2.05, 4.69) is 193 Å². The second kappa shape index (κ2) is 11.1. The third-order valence-corrected chi connectivity index (χ3v) is 10.9. The lowest BCUT2D eigenvalue weighted by Crippen LogP contribution is -2.36. The number of nitrogens with zero attached hydrogens (tertiary/aromatic N) is 1. The smallest absolute Gasteiger partial charge is 0.132 e. The molecule has 1 spiro atoms.